The molecule has 0 unspecified atom stereocenters. The molecule has 0 aliphatic heterocycles. The fourth-order valence-electron chi connectivity index (χ4n) is 2.21. The molecule has 1 aromatic carbocycles. The summed E-state index contributed by atoms with van der Waals surface area (Å²) in [6, 6.07) is 1.68. The zero-order valence-corrected chi connectivity index (χ0v) is 13.7. The van der Waals surface area contributed by atoms with Crippen LogP contribution in [-0.4, -0.2) is 14.8 Å². The number of furan rings is 1. The number of halogens is 5. The second-order valence-electron chi connectivity index (χ2n) is 5.09. The van der Waals surface area contributed by atoms with Crippen LogP contribution in [-0.2, 0) is 12.8 Å². The molecule has 0 atom stereocenters. The van der Waals surface area contributed by atoms with E-state index in [1.54, 1.807) is 20.0 Å². The standard InChI is InChI=1S/C15H10F5N3OS/c1-6-7(3-4-24-6)14-21-22-15(23(14)2)25-5-8-9(16)11(18)13(20)12(19)10(8)17/h3-4H,5H2,1-2H3. The molecule has 0 aliphatic carbocycles. The van der Waals surface area contributed by atoms with Crippen LogP contribution in [0.4, 0.5) is 22.0 Å². The van der Waals surface area contributed by atoms with Crippen LogP contribution in [0.15, 0.2) is 21.9 Å². The van der Waals surface area contributed by atoms with Gasteiger partial charge >= 0.3 is 0 Å². The highest BCUT2D eigenvalue weighted by atomic mass is 32.2. The van der Waals surface area contributed by atoms with Gasteiger partial charge < -0.3 is 8.98 Å². The molecule has 132 valence electrons. The third kappa shape index (κ3) is 2.90. The Morgan fingerprint density at radius 1 is 1.00 bits per heavy atom. The van der Waals surface area contributed by atoms with Crippen LogP contribution >= 0.6 is 11.8 Å². The van der Waals surface area contributed by atoms with Crippen LogP contribution in [0.25, 0.3) is 11.4 Å². The van der Waals surface area contributed by atoms with E-state index in [1.165, 1.54) is 10.8 Å². The Hall–Kier alpha value is -2.36. The van der Waals surface area contributed by atoms with Crippen molar-refractivity contribution in [2.45, 2.75) is 17.8 Å². The van der Waals surface area contributed by atoms with Crippen molar-refractivity contribution in [3.63, 3.8) is 0 Å². The van der Waals surface area contributed by atoms with E-state index in [0.717, 1.165) is 11.8 Å². The molecule has 0 saturated heterocycles. The molecule has 25 heavy (non-hydrogen) atoms. The third-order valence-electron chi connectivity index (χ3n) is 3.58. The molecule has 0 radical (unpaired) electrons. The van der Waals surface area contributed by atoms with Crippen LogP contribution in [0.3, 0.4) is 0 Å². The van der Waals surface area contributed by atoms with E-state index in [9.17, 15) is 22.0 Å². The molecule has 10 heteroatoms. The summed E-state index contributed by atoms with van der Waals surface area (Å²) in [5, 5.41) is 8.09. The second kappa shape index (κ2) is 6.51. The van der Waals surface area contributed by atoms with Crippen molar-refractivity contribution in [2.75, 3.05) is 0 Å². The molecule has 0 bridgehead atoms. The van der Waals surface area contributed by atoms with E-state index in [0.29, 0.717) is 17.1 Å². The quantitative estimate of drug-likeness (QED) is 0.294. The summed E-state index contributed by atoms with van der Waals surface area (Å²) in [6.45, 7) is 1.73. The Balaban J connectivity index is 1.89. The fraction of sp³-hybridized carbons (Fsp3) is 0.200. The third-order valence-corrected chi connectivity index (χ3v) is 4.63. The Kier molecular flexibility index (Phi) is 4.55. The first-order valence-corrected chi connectivity index (χ1v) is 7.88. The minimum atomic E-state index is -2.18. The van der Waals surface area contributed by atoms with Gasteiger partial charge in [-0.25, -0.2) is 22.0 Å². The molecular weight excluding hydrogens is 365 g/mol. The SMILES string of the molecule is Cc1occc1-c1nnc(SCc2c(F)c(F)c(F)c(F)c2F)n1C. The molecule has 2 heterocycles. The summed E-state index contributed by atoms with van der Waals surface area (Å²) >= 11 is 0.799. The first-order chi connectivity index (χ1) is 11.8. The summed E-state index contributed by atoms with van der Waals surface area (Å²) in [6.07, 6.45) is 1.47. The summed E-state index contributed by atoms with van der Waals surface area (Å²) in [5.41, 5.74) is -0.233. The first kappa shape index (κ1) is 17.5. The smallest absolute Gasteiger partial charge is 0.200 e. The zero-order valence-electron chi connectivity index (χ0n) is 12.9. The highest BCUT2D eigenvalue weighted by Gasteiger charge is 2.26. The summed E-state index contributed by atoms with van der Waals surface area (Å²) in [4.78, 5) is 0. The van der Waals surface area contributed by atoms with Gasteiger partial charge in [-0.05, 0) is 13.0 Å². The number of nitrogens with zero attached hydrogens (tertiary/aromatic N) is 3. The van der Waals surface area contributed by atoms with E-state index in [1.807, 2.05) is 0 Å². The van der Waals surface area contributed by atoms with E-state index in [-0.39, 0.29) is 5.16 Å². The highest BCUT2D eigenvalue weighted by Crippen LogP contribution is 2.31. The van der Waals surface area contributed by atoms with Crippen LogP contribution < -0.4 is 0 Å². The second-order valence-corrected chi connectivity index (χ2v) is 6.04. The van der Waals surface area contributed by atoms with Crippen molar-refractivity contribution >= 4 is 11.8 Å². The van der Waals surface area contributed by atoms with Crippen molar-refractivity contribution < 1.29 is 26.4 Å². The Morgan fingerprint density at radius 3 is 2.16 bits per heavy atom. The number of aromatic nitrogens is 3. The predicted molar refractivity (Wildman–Crippen MR) is 79.2 cm³/mol. The fourth-order valence-corrected chi connectivity index (χ4v) is 3.11. The highest BCUT2D eigenvalue weighted by molar-refractivity contribution is 7.98. The Bertz CT molecular complexity index is 924. The lowest BCUT2D eigenvalue weighted by Gasteiger charge is -2.08. The largest absolute Gasteiger partial charge is 0.469 e. The van der Waals surface area contributed by atoms with Gasteiger partial charge in [-0.2, -0.15) is 0 Å². The van der Waals surface area contributed by atoms with Crippen LogP contribution in [0.2, 0.25) is 0 Å². The van der Waals surface area contributed by atoms with E-state index < -0.39 is 40.4 Å². The molecule has 0 saturated carbocycles. The minimum absolute atomic E-state index is 0.250. The number of thioether (sulfide) groups is 1. The molecule has 0 amide bonds. The van der Waals surface area contributed by atoms with Gasteiger partial charge in [0.15, 0.2) is 34.2 Å². The van der Waals surface area contributed by atoms with Crippen molar-refractivity contribution in [3.8, 4) is 11.4 Å². The number of hydrogen-bond donors (Lipinski definition) is 0. The van der Waals surface area contributed by atoms with E-state index in [2.05, 4.69) is 10.2 Å². The van der Waals surface area contributed by atoms with Gasteiger partial charge in [0.1, 0.15) is 5.76 Å². The van der Waals surface area contributed by atoms with Gasteiger partial charge in [0.2, 0.25) is 5.82 Å². The Morgan fingerprint density at radius 2 is 1.60 bits per heavy atom. The maximum atomic E-state index is 13.7. The lowest BCUT2D eigenvalue weighted by atomic mass is 10.2. The molecule has 0 aliphatic rings. The van der Waals surface area contributed by atoms with Gasteiger partial charge in [0, 0.05) is 18.4 Å². The lowest BCUT2D eigenvalue weighted by molar-refractivity contribution is 0.372. The van der Waals surface area contributed by atoms with Gasteiger partial charge in [-0.15, -0.1) is 10.2 Å². The molecular formula is C15H10F5N3OS. The maximum absolute atomic E-state index is 13.7. The van der Waals surface area contributed by atoms with Crippen LogP contribution in [0.1, 0.15) is 11.3 Å². The average Bonchev–Trinajstić information content (AvgIpc) is 3.17. The molecule has 0 spiro atoms. The molecule has 0 fully saturated rings. The predicted octanol–water partition coefficient (Wildman–Crippen LogP) is 4.37. The van der Waals surface area contributed by atoms with Gasteiger partial charge in [-0.3, -0.25) is 0 Å². The molecule has 3 aromatic rings. The summed E-state index contributed by atoms with van der Waals surface area (Å²) in [5.74, 6) is -9.27. The minimum Gasteiger partial charge on any atom is -0.469 e. The van der Waals surface area contributed by atoms with Gasteiger partial charge in [0.25, 0.3) is 0 Å². The van der Waals surface area contributed by atoms with Crippen molar-refractivity contribution in [3.05, 3.63) is 52.7 Å². The van der Waals surface area contributed by atoms with Gasteiger partial charge in [0.05, 0.1) is 11.8 Å². The first-order valence-electron chi connectivity index (χ1n) is 6.89. The molecule has 0 N–H and O–H groups in total. The molecule has 2 aromatic heterocycles. The lowest BCUT2D eigenvalue weighted by Crippen LogP contribution is -2.06. The normalized spacial score (nSPS) is 11.3. The summed E-state index contributed by atoms with van der Waals surface area (Å²) < 4.78 is 73.6. The number of hydrogen-bond acceptors (Lipinski definition) is 4. The van der Waals surface area contributed by atoms with Crippen LogP contribution in [0, 0.1) is 36.0 Å². The monoisotopic (exact) mass is 375 g/mol. The topological polar surface area (TPSA) is 43.9 Å². The number of aryl methyl sites for hydroxylation is 1. The maximum Gasteiger partial charge on any atom is 0.200 e. The molecule has 3 rings (SSSR count). The molecule has 4 nitrogen and oxygen atoms in total. The average molecular weight is 375 g/mol. The number of rotatable bonds is 4. The van der Waals surface area contributed by atoms with E-state index >= 15 is 0 Å². The van der Waals surface area contributed by atoms with Crippen molar-refractivity contribution in [1.82, 2.24) is 14.8 Å². The van der Waals surface area contributed by atoms with E-state index in [4.69, 9.17) is 4.42 Å². The van der Waals surface area contributed by atoms with Crippen LogP contribution in [0.5, 0.6) is 0 Å². The van der Waals surface area contributed by atoms with Crippen molar-refractivity contribution in [1.29, 1.82) is 0 Å². The van der Waals surface area contributed by atoms with Gasteiger partial charge in [-0.1, -0.05) is 11.8 Å². The zero-order chi connectivity index (χ0) is 18.3. The number of benzene rings is 1. The summed E-state index contributed by atoms with van der Waals surface area (Å²) in [7, 11) is 1.61. The Labute approximate surface area is 142 Å². The van der Waals surface area contributed by atoms with Crippen molar-refractivity contribution in [2.24, 2.45) is 7.05 Å².